The largest absolute Gasteiger partial charge is 0.497 e. The molecule has 36 heteroatoms. The fraction of sp³-hybridized carbons (Fsp3) is 0.463. The highest BCUT2D eigenvalue weighted by Gasteiger charge is 2.35. The molecule has 0 spiro atoms. The van der Waals surface area contributed by atoms with Gasteiger partial charge in [0.15, 0.2) is 0 Å². The molecule has 0 bridgehead atoms. The molecule has 0 aliphatic carbocycles. The van der Waals surface area contributed by atoms with Crippen LogP contribution in [0.3, 0.4) is 0 Å². The summed E-state index contributed by atoms with van der Waals surface area (Å²) in [6, 6.07) is 64.3. The van der Waals surface area contributed by atoms with E-state index in [9.17, 15) is 42.7 Å². The van der Waals surface area contributed by atoms with Crippen LogP contribution in [0.25, 0.3) is 0 Å². The number of methoxy groups -OCH3 is 6. The van der Waals surface area contributed by atoms with Crippen molar-refractivity contribution in [2.24, 2.45) is 11.8 Å². The van der Waals surface area contributed by atoms with Crippen LogP contribution >= 0.6 is 70.6 Å². The number of benzene rings is 9. The number of likely N-dealkylation sites (tertiary alicyclic amines) is 2. The van der Waals surface area contributed by atoms with Crippen LogP contribution in [-0.4, -0.2) is 277 Å². The van der Waals surface area contributed by atoms with Gasteiger partial charge in [-0.3, -0.25) is 4.21 Å². The molecule has 9 aromatic carbocycles. The molecule has 8 aliphatic heterocycles. The molecular weight excluding hydrogens is 2030 g/mol. The smallest absolute Gasteiger partial charge is 0.320 e. The molecule has 2 saturated heterocycles. The molecule has 0 saturated carbocycles. The molecule has 0 radical (unpaired) electrons. The highest BCUT2D eigenvalue weighted by atomic mass is 32.2. The van der Waals surface area contributed by atoms with Crippen molar-refractivity contribution in [3.05, 3.63) is 256 Å². The SMILES string of the molecule is C=CS(=O)(=O)N1CCSc2ccc(OC)cc2C1.C=S(C)(=O)N1CCSc2ccc(OC)cc2C1.CCCCN(CCCC)CCS(=O)(=O)N1CCSc2ccc(OC)cc2C1.COc1ccc2c(c1)CN(C(=O)N1CCC(Cc3ccccc3)CC1)CCS2.COc1ccc2c(c1)CN(S(=O)(=O)CCN1CCC(Cc3ccccc3)CC1)CCS2.COc1ccc2c(c1)CN(S(=O)(=O)c1ccc(C)cc1)CCS2. The lowest BCUT2D eigenvalue weighted by molar-refractivity contribution is 0.132. The van der Waals surface area contributed by atoms with Crippen molar-refractivity contribution >= 4 is 132 Å². The Morgan fingerprint density at radius 1 is 0.382 bits per heavy atom. The zero-order valence-electron chi connectivity index (χ0n) is 85.0. The summed E-state index contributed by atoms with van der Waals surface area (Å²) in [7, 11) is -5.70. The summed E-state index contributed by atoms with van der Waals surface area (Å²) >= 11 is 10.4. The van der Waals surface area contributed by atoms with Gasteiger partial charge in [0.1, 0.15) is 34.5 Å². The quantitative estimate of drug-likeness (QED) is 0.0395. The molecule has 144 heavy (non-hydrogen) atoms. The molecule has 1 atom stereocenters. The summed E-state index contributed by atoms with van der Waals surface area (Å²) in [5.41, 5.74) is 10.2. The first kappa shape index (κ1) is 115. The summed E-state index contributed by atoms with van der Waals surface area (Å²) in [6.07, 6.45) is 12.9. The van der Waals surface area contributed by atoms with Crippen LogP contribution in [0.15, 0.2) is 240 Å². The van der Waals surface area contributed by atoms with E-state index in [2.05, 4.69) is 120 Å². The monoisotopic (exact) mass is 2180 g/mol. The zero-order valence-corrected chi connectivity index (χ0v) is 94.0. The Bertz CT molecular complexity index is 6220. The van der Waals surface area contributed by atoms with E-state index in [0.717, 1.165) is 238 Å². The first-order valence-electron chi connectivity index (χ1n) is 49.4. The standard InChI is InChI=1S/C24H32N2O3S2.C23H28N2O2S.C20H34N2O3S2.C17H19NO3S2.C12H15NO3S2.C12H17NO2S2/c1-29-23-7-8-24-22(18-23)19-26(13-15-30-24)31(27,28)16-14-25-11-9-21(10-12-25)17-20-5-3-2-4-6-20;1-27-21-7-8-22-20(16-21)17-25(13-14-28-22)23(26)24-11-9-19(10-12-24)15-18-5-3-2-4-6-18;1-4-6-10-21(11-7-5-2)13-15-27(23,24)22-12-14-26-20-9-8-19(25-3)16-18(20)17-22;1-13-3-6-16(7-4-13)23(19,20)18-9-10-22-17-8-5-15(21-2)11-14(17)12-18;1-3-18(14,15)13-6-7-17-12-5-4-11(16-2)8-10(12)9-13;1-15-11-4-5-12-10(8-11)9-13(6-7-16-12)17(2,3)14/h2-8,18,21H,9-17,19H2,1H3;2-8,16,19H,9-15,17H2,1H3;8-9,16H,4-7,10-15,17H2,1-3H3;3-8,11H,9-10,12H2,1-2H3;3-5,8H,1,6-7,9H2,2H3;4-5,8H,2,6-7,9H2,1,3H3. The van der Waals surface area contributed by atoms with Crippen molar-refractivity contribution in [2.45, 2.75) is 159 Å². The van der Waals surface area contributed by atoms with Gasteiger partial charge in [0.05, 0.1) is 59.1 Å². The van der Waals surface area contributed by atoms with E-state index in [-0.39, 0.29) is 17.5 Å². The summed E-state index contributed by atoms with van der Waals surface area (Å²) in [6.45, 7) is 23.3. The third-order valence-corrected chi connectivity index (χ3v) is 41.3. The summed E-state index contributed by atoms with van der Waals surface area (Å²) in [4.78, 5) is 29.2. The number of fused-ring (bicyclic) bond motifs is 6. The summed E-state index contributed by atoms with van der Waals surface area (Å²) in [5.74, 6) is 15.2. The van der Waals surface area contributed by atoms with Crippen LogP contribution in [0.1, 0.15) is 115 Å². The highest BCUT2D eigenvalue weighted by Crippen LogP contribution is 2.40. The molecule has 25 nitrogen and oxygen atoms in total. The topological polar surface area (TPSA) is 255 Å². The number of hydrogen-bond acceptors (Lipinski definition) is 24. The second-order valence-electron chi connectivity index (χ2n) is 36.6. The number of ether oxygens (including phenoxy) is 6. The second-order valence-corrected chi connectivity index (χ2v) is 53.8. The van der Waals surface area contributed by atoms with Gasteiger partial charge >= 0.3 is 6.03 Å². The molecule has 1 unspecified atom stereocenters. The van der Waals surface area contributed by atoms with Crippen LogP contribution in [0.5, 0.6) is 34.5 Å². The number of carbonyl (C=O) groups is 1. The Balaban J connectivity index is 0.000000156. The number of piperidine rings is 2. The van der Waals surface area contributed by atoms with Gasteiger partial charge in [-0.15, -0.1) is 70.6 Å². The number of carbonyl (C=O) groups excluding carboxylic acids is 1. The predicted molar refractivity (Wildman–Crippen MR) is 596 cm³/mol. The van der Waals surface area contributed by atoms with Crippen LogP contribution in [0, 0.1) is 18.8 Å². The minimum atomic E-state index is -3.49. The van der Waals surface area contributed by atoms with Crippen LogP contribution in [-0.2, 0) is 102 Å². The van der Waals surface area contributed by atoms with Gasteiger partial charge < -0.3 is 48.0 Å². The molecule has 0 N–H and O–H groups in total. The molecule has 8 aliphatic rings. The van der Waals surface area contributed by atoms with Crippen LogP contribution < -0.4 is 28.4 Å². The third kappa shape index (κ3) is 34.5. The number of hydrogen-bond donors (Lipinski definition) is 0. The van der Waals surface area contributed by atoms with Crippen molar-refractivity contribution in [1.29, 1.82) is 0 Å². The lowest BCUT2D eigenvalue weighted by Crippen LogP contribution is -2.47. The first-order valence-corrected chi connectivity index (χ1v) is 63.6. The van der Waals surface area contributed by atoms with Gasteiger partial charge in [0.2, 0.25) is 40.1 Å². The Morgan fingerprint density at radius 2 is 0.708 bits per heavy atom. The second kappa shape index (κ2) is 56.9. The number of thioether (sulfide) groups is 6. The maximum absolute atomic E-state index is 13.1. The number of urea groups is 1. The van der Waals surface area contributed by atoms with E-state index in [4.69, 9.17) is 28.4 Å². The number of aryl methyl sites for hydroxylation is 1. The number of nitrogens with zero attached hydrogens (tertiary/aromatic N) is 9. The van der Waals surface area contributed by atoms with Gasteiger partial charge in [0.25, 0.3) is 0 Å². The molecule has 2 fully saturated rings. The Hall–Kier alpha value is -7.57. The van der Waals surface area contributed by atoms with Gasteiger partial charge in [-0.05, 0) is 268 Å². The Kier molecular flexibility index (Phi) is 45.5. The normalized spacial score (nSPS) is 17.4. The van der Waals surface area contributed by atoms with Crippen molar-refractivity contribution in [3.8, 4) is 34.5 Å². The third-order valence-electron chi connectivity index (χ3n) is 26.5. The van der Waals surface area contributed by atoms with E-state index >= 15 is 0 Å². The Labute approximate surface area is 884 Å². The fourth-order valence-corrected chi connectivity index (χ4v) is 30.6. The van der Waals surface area contributed by atoms with Crippen molar-refractivity contribution in [1.82, 2.24) is 41.1 Å². The van der Waals surface area contributed by atoms with E-state index < -0.39 is 49.8 Å². The number of unbranched alkanes of at least 4 members (excludes halogenated alkanes) is 2. The van der Waals surface area contributed by atoms with Gasteiger partial charge in [-0.2, -0.15) is 17.2 Å². The maximum Gasteiger partial charge on any atom is 0.320 e. The van der Waals surface area contributed by atoms with Crippen LogP contribution in [0.2, 0.25) is 0 Å². The molecule has 9 aromatic rings. The van der Waals surface area contributed by atoms with E-state index in [0.29, 0.717) is 95.3 Å². The molecular formula is C108H145N9O16S11. The van der Waals surface area contributed by atoms with Gasteiger partial charge in [0, 0.05) is 190 Å². The lowest BCUT2D eigenvalue weighted by atomic mass is 9.90. The lowest BCUT2D eigenvalue weighted by Gasteiger charge is -2.35. The molecule has 17 rings (SSSR count). The van der Waals surface area contributed by atoms with Gasteiger partial charge in [-0.1, -0.05) is 112 Å². The minimum absolute atomic E-state index is 0.189. The van der Waals surface area contributed by atoms with E-state index in [1.54, 1.807) is 133 Å². The van der Waals surface area contributed by atoms with Crippen molar-refractivity contribution in [2.75, 3.05) is 187 Å². The van der Waals surface area contributed by atoms with E-state index in [1.807, 2.05) is 131 Å². The highest BCUT2D eigenvalue weighted by molar-refractivity contribution is 8.01. The Morgan fingerprint density at radius 3 is 1.08 bits per heavy atom. The van der Waals surface area contributed by atoms with Gasteiger partial charge in [-0.25, -0.2) is 42.8 Å². The van der Waals surface area contributed by atoms with Crippen molar-refractivity contribution < 1.29 is 71.1 Å². The maximum atomic E-state index is 13.1. The summed E-state index contributed by atoms with van der Waals surface area (Å²) < 4.78 is 154. The average Bonchev–Trinajstić information content (AvgIpc) is 1.46. The summed E-state index contributed by atoms with van der Waals surface area (Å²) in [5, 5.41) is 1.00. The molecule has 2 amide bonds. The number of amides is 2. The zero-order chi connectivity index (χ0) is 103. The number of sulfonamides is 4. The first-order chi connectivity index (χ1) is 69.3. The number of rotatable bonds is 29. The van der Waals surface area contributed by atoms with Crippen molar-refractivity contribution in [3.63, 3.8) is 0 Å². The molecule has 0 aromatic heterocycles. The average molecular weight is 2180 g/mol. The molecule has 8 heterocycles. The van der Waals surface area contributed by atoms with Crippen LogP contribution in [0.4, 0.5) is 4.79 Å². The fourth-order valence-electron chi connectivity index (χ4n) is 17.9. The predicted octanol–water partition coefficient (Wildman–Crippen LogP) is 19.6. The molecule has 784 valence electrons. The minimum Gasteiger partial charge on any atom is -0.497 e. The van der Waals surface area contributed by atoms with E-state index in [1.165, 1.54) is 36.3 Å².